The number of nitrogens with two attached hydrogens (primary N) is 1. The highest BCUT2D eigenvalue weighted by atomic mass is 16.1. The SMILES string of the molecule is CC1CNC(c2ccccc2)CN1c1cccc(C(=O)c2cccnc2N)n1.[HH].[HH].[HH]. The number of nitrogens with one attached hydrogen (secondary N) is 1. The summed E-state index contributed by atoms with van der Waals surface area (Å²) >= 11 is 0. The van der Waals surface area contributed by atoms with Crippen LogP contribution < -0.4 is 16.0 Å². The van der Waals surface area contributed by atoms with Crippen LogP contribution in [0.15, 0.2) is 66.9 Å². The zero-order chi connectivity index (χ0) is 19.5. The van der Waals surface area contributed by atoms with Crippen molar-refractivity contribution in [2.24, 2.45) is 0 Å². The van der Waals surface area contributed by atoms with Crippen molar-refractivity contribution in [3.8, 4) is 0 Å². The van der Waals surface area contributed by atoms with Crippen LogP contribution in [0.2, 0.25) is 0 Å². The Labute approximate surface area is 168 Å². The van der Waals surface area contributed by atoms with Crippen LogP contribution in [0.25, 0.3) is 0 Å². The fourth-order valence-corrected chi connectivity index (χ4v) is 3.55. The molecule has 1 aromatic carbocycles. The number of pyridine rings is 2. The summed E-state index contributed by atoms with van der Waals surface area (Å²) in [5.41, 5.74) is 7.86. The molecule has 1 aliphatic heterocycles. The molecule has 2 unspecified atom stereocenters. The van der Waals surface area contributed by atoms with Crippen LogP contribution in [-0.2, 0) is 0 Å². The molecule has 28 heavy (non-hydrogen) atoms. The van der Waals surface area contributed by atoms with Crippen molar-refractivity contribution in [2.45, 2.75) is 19.0 Å². The number of ketones is 1. The molecule has 0 saturated carbocycles. The standard InChI is InChI=1S/C22H23N5O.3H2/c1-15-13-25-19(16-7-3-2-4-8-16)14-27(15)20-11-5-10-18(26-20)21(28)17-9-6-12-24-22(17)23;;;/h2-12,15,19,25H,13-14H2,1H3,(H2,23,24);3*1H. The minimum atomic E-state index is -0.213. The van der Waals surface area contributed by atoms with Crippen LogP contribution in [0.3, 0.4) is 0 Å². The Morgan fingerprint density at radius 2 is 1.96 bits per heavy atom. The van der Waals surface area contributed by atoms with Crippen LogP contribution >= 0.6 is 0 Å². The Morgan fingerprint density at radius 3 is 2.75 bits per heavy atom. The molecule has 1 saturated heterocycles. The van der Waals surface area contributed by atoms with Crippen LogP contribution in [0.5, 0.6) is 0 Å². The van der Waals surface area contributed by atoms with E-state index in [0.29, 0.717) is 11.3 Å². The molecule has 3 N–H and O–H groups in total. The molecule has 0 amide bonds. The average molecular weight is 380 g/mol. The highest BCUT2D eigenvalue weighted by molar-refractivity contribution is 6.10. The number of carbonyl (C=O) groups excluding carboxylic acids is 1. The van der Waals surface area contributed by atoms with Crippen LogP contribution in [0.1, 0.15) is 38.9 Å². The second-order valence-electron chi connectivity index (χ2n) is 7.02. The van der Waals surface area contributed by atoms with E-state index < -0.39 is 0 Å². The van der Waals surface area contributed by atoms with Crippen molar-refractivity contribution in [3.05, 3.63) is 83.7 Å². The molecule has 148 valence electrons. The molecular weight excluding hydrogens is 350 g/mol. The lowest BCUT2D eigenvalue weighted by Crippen LogP contribution is -2.51. The second-order valence-corrected chi connectivity index (χ2v) is 7.02. The van der Waals surface area contributed by atoms with E-state index in [1.165, 1.54) is 5.56 Å². The first-order chi connectivity index (χ1) is 13.6. The van der Waals surface area contributed by atoms with E-state index in [9.17, 15) is 4.79 Å². The summed E-state index contributed by atoms with van der Waals surface area (Å²) in [6.45, 7) is 3.78. The Bertz CT molecular complexity index is 990. The third kappa shape index (κ3) is 3.59. The fraction of sp³-hybridized carbons (Fsp3) is 0.227. The van der Waals surface area contributed by atoms with E-state index in [4.69, 9.17) is 5.73 Å². The summed E-state index contributed by atoms with van der Waals surface area (Å²) in [6, 6.07) is 19.8. The molecule has 0 aliphatic carbocycles. The van der Waals surface area contributed by atoms with Gasteiger partial charge in [-0.3, -0.25) is 4.79 Å². The maximum absolute atomic E-state index is 12.9. The number of carbonyl (C=O) groups is 1. The molecule has 0 spiro atoms. The number of benzene rings is 1. The van der Waals surface area contributed by atoms with Crippen molar-refractivity contribution in [2.75, 3.05) is 23.7 Å². The Kier molecular flexibility index (Phi) is 5.04. The fourth-order valence-electron chi connectivity index (χ4n) is 3.55. The first kappa shape index (κ1) is 18.1. The topological polar surface area (TPSA) is 84.1 Å². The quantitative estimate of drug-likeness (QED) is 0.674. The number of hydrogen-bond acceptors (Lipinski definition) is 6. The highest BCUT2D eigenvalue weighted by Gasteiger charge is 2.27. The molecule has 1 aliphatic rings. The van der Waals surface area contributed by atoms with Crippen molar-refractivity contribution in [1.29, 1.82) is 0 Å². The molecule has 4 rings (SSSR count). The maximum Gasteiger partial charge on any atom is 0.215 e. The van der Waals surface area contributed by atoms with E-state index in [1.54, 1.807) is 24.4 Å². The Hall–Kier alpha value is -3.25. The van der Waals surface area contributed by atoms with Gasteiger partial charge in [0.1, 0.15) is 17.3 Å². The van der Waals surface area contributed by atoms with Crippen molar-refractivity contribution in [3.63, 3.8) is 0 Å². The number of rotatable bonds is 4. The van der Waals surface area contributed by atoms with Gasteiger partial charge in [-0.25, -0.2) is 9.97 Å². The average Bonchev–Trinajstić information content (AvgIpc) is 2.75. The normalized spacial score (nSPS) is 19.4. The molecule has 2 atom stereocenters. The van der Waals surface area contributed by atoms with E-state index in [0.717, 1.165) is 18.9 Å². The molecule has 6 heteroatoms. The summed E-state index contributed by atoms with van der Waals surface area (Å²) in [6.07, 6.45) is 1.57. The minimum absolute atomic E-state index is 0. The third-order valence-corrected chi connectivity index (χ3v) is 5.12. The summed E-state index contributed by atoms with van der Waals surface area (Å²) in [5.74, 6) is 0.803. The maximum atomic E-state index is 12.9. The summed E-state index contributed by atoms with van der Waals surface area (Å²) in [5, 5.41) is 3.59. The molecule has 3 heterocycles. The highest BCUT2D eigenvalue weighted by Crippen LogP contribution is 2.25. The lowest BCUT2D eigenvalue weighted by molar-refractivity contribution is 0.103. The first-order valence-electron chi connectivity index (χ1n) is 9.40. The molecule has 0 bridgehead atoms. The van der Waals surface area contributed by atoms with Crippen molar-refractivity contribution >= 4 is 17.4 Å². The zero-order valence-electron chi connectivity index (χ0n) is 15.7. The molecule has 0 radical (unpaired) electrons. The van der Waals surface area contributed by atoms with Gasteiger partial charge in [-0.05, 0) is 36.8 Å². The largest absolute Gasteiger partial charge is 0.383 e. The number of nitrogen functional groups attached to an aromatic ring is 1. The predicted octanol–water partition coefficient (Wildman–Crippen LogP) is 3.57. The van der Waals surface area contributed by atoms with E-state index in [-0.39, 0.29) is 28.0 Å². The minimum Gasteiger partial charge on any atom is -0.383 e. The van der Waals surface area contributed by atoms with Gasteiger partial charge < -0.3 is 16.0 Å². The van der Waals surface area contributed by atoms with Gasteiger partial charge in [0.15, 0.2) is 0 Å². The van der Waals surface area contributed by atoms with Crippen molar-refractivity contribution in [1.82, 2.24) is 15.3 Å². The Morgan fingerprint density at radius 1 is 1.14 bits per heavy atom. The second kappa shape index (κ2) is 7.78. The van der Waals surface area contributed by atoms with Gasteiger partial charge >= 0.3 is 0 Å². The number of piperazine rings is 1. The van der Waals surface area contributed by atoms with Crippen LogP contribution in [0.4, 0.5) is 11.6 Å². The van der Waals surface area contributed by atoms with Crippen molar-refractivity contribution < 1.29 is 9.07 Å². The molecular formula is C22H29N5O. The van der Waals surface area contributed by atoms with Crippen LogP contribution in [-0.4, -0.2) is 34.9 Å². The summed E-state index contributed by atoms with van der Waals surface area (Å²) in [4.78, 5) is 23.8. The molecule has 1 fully saturated rings. The summed E-state index contributed by atoms with van der Waals surface area (Å²) < 4.78 is 0. The van der Waals surface area contributed by atoms with Gasteiger partial charge in [-0.15, -0.1) is 0 Å². The Balaban J connectivity index is 0.00000160. The van der Waals surface area contributed by atoms with Gasteiger partial charge in [0.2, 0.25) is 5.78 Å². The van der Waals surface area contributed by atoms with E-state index in [1.807, 2.05) is 18.2 Å². The number of nitrogens with zero attached hydrogens (tertiary/aromatic N) is 3. The van der Waals surface area contributed by atoms with Gasteiger partial charge in [0.25, 0.3) is 0 Å². The monoisotopic (exact) mass is 379 g/mol. The predicted molar refractivity (Wildman–Crippen MR) is 117 cm³/mol. The van der Waals surface area contributed by atoms with Gasteiger partial charge in [-0.2, -0.15) is 0 Å². The van der Waals surface area contributed by atoms with Gasteiger partial charge in [-0.1, -0.05) is 36.4 Å². The summed E-state index contributed by atoms with van der Waals surface area (Å²) in [7, 11) is 0. The van der Waals surface area contributed by atoms with Gasteiger partial charge in [0.05, 0.1) is 5.56 Å². The number of aromatic nitrogens is 2. The van der Waals surface area contributed by atoms with Crippen LogP contribution in [0, 0.1) is 0 Å². The lowest BCUT2D eigenvalue weighted by Gasteiger charge is -2.40. The van der Waals surface area contributed by atoms with Gasteiger partial charge in [0, 0.05) is 35.6 Å². The first-order valence-corrected chi connectivity index (χ1v) is 9.40. The molecule has 2 aromatic heterocycles. The molecule has 6 nitrogen and oxygen atoms in total. The molecule has 3 aromatic rings. The number of anilines is 2. The van der Waals surface area contributed by atoms with E-state index >= 15 is 0 Å². The lowest BCUT2D eigenvalue weighted by atomic mass is 10.0. The van der Waals surface area contributed by atoms with E-state index in [2.05, 4.69) is 51.4 Å². The smallest absolute Gasteiger partial charge is 0.215 e. The zero-order valence-corrected chi connectivity index (χ0v) is 15.7. The third-order valence-electron chi connectivity index (χ3n) is 5.12. The number of hydrogen-bond donors (Lipinski definition) is 2.